The number of carbonyl (C=O) groups is 1. The fourth-order valence-corrected chi connectivity index (χ4v) is 2.33. The third kappa shape index (κ3) is 2.52. The predicted molar refractivity (Wildman–Crippen MR) is 85.8 cm³/mol. The van der Waals surface area contributed by atoms with Crippen LogP contribution in [0.1, 0.15) is 12.5 Å². The Kier molecular flexibility index (Phi) is 3.55. The second-order valence-corrected chi connectivity index (χ2v) is 4.95. The number of aromatic amines is 1. The van der Waals surface area contributed by atoms with Crippen LogP contribution in [0.4, 0.5) is 0 Å². The van der Waals surface area contributed by atoms with Gasteiger partial charge in [0.15, 0.2) is 5.78 Å². The number of aromatic nitrogens is 2. The lowest BCUT2D eigenvalue weighted by atomic mass is 10.0. The highest BCUT2D eigenvalue weighted by Crippen LogP contribution is 2.27. The van der Waals surface area contributed by atoms with Gasteiger partial charge in [0.1, 0.15) is 11.7 Å². The summed E-state index contributed by atoms with van der Waals surface area (Å²) in [6, 6.07) is 13.6. The van der Waals surface area contributed by atoms with Gasteiger partial charge in [-0.3, -0.25) is 4.79 Å². The van der Waals surface area contributed by atoms with E-state index in [-0.39, 0.29) is 11.4 Å². The Morgan fingerprint density at radius 2 is 2.05 bits per heavy atom. The number of nitrogens with zero attached hydrogens (tertiary/aromatic N) is 2. The maximum Gasteiger partial charge on any atom is 0.170 e. The molecule has 0 aliphatic rings. The van der Waals surface area contributed by atoms with Crippen molar-refractivity contribution in [2.24, 2.45) is 0 Å². The molecule has 3 aromatic rings. The molecule has 106 valence electrons. The van der Waals surface area contributed by atoms with E-state index in [0.29, 0.717) is 0 Å². The maximum absolute atomic E-state index is 11.3. The van der Waals surface area contributed by atoms with Gasteiger partial charge in [0.2, 0.25) is 0 Å². The molecule has 0 atom stereocenters. The molecule has 1 aromatic carbocycles. The van der Waals surface area contributed by atoms with E-state index in [4.69, 9.17) is 5.26 Å². The van der Waals surface area contributed by atoms with E-state index in [2.05, 4.69) is 9.97 Å². The number of hydrogen-bond donors (Lipinski definition) is 1. The minimum atomic E-state index is -0.228. The molecule has 0 amide bonds. The fourth-order valence-electron chi connectivity index (χ4n) is 2.33. The van der Waals surface area contributed by atoms with Crippen LogP contribution in [-0.4, -0.2) is 15.8 Å². The van der Waals surface area contributed by atoms with Crippen molar-refractivity contribution < 1.29 is 4.79 Å². The smallest absolute Gasteiger partial charge is 0.170 e. The fraction of sp³-hybridized carbons (Fsp3) is 0.0556. The maximum atomic E-state index is 11.3. The SMILES string of the molecule is CC(=O)/C(C#N)=C/c1ccc(-c2c[nH]c3ncccc23)cc1. The number of H-pyrrole nitrogens is 1. The average Bonchev–Trinajstić information content (AvgIpc) is 2.97. The largest absolute Gasteiger partial charge is 0.346 e. The van der Waals surface area contributed by atoms with Crippen LogP contribution < -0.4 is 0 Å². The molecule has 0 aliphatic carbocycles. The van der Waals surface area contributed by atoms with E-state index >= 15 is 0 Å². The Morgan fingerprint density at radius 1 is 1.27 bits per heavy atom. The molecule has 0 spiro atoms. The molecule has 0 unspecified atom stereocenters. The molecule has 0 saturated carbocycles. The van der Waals surface area contributed by atoms with Crippen LogP contribution in [0.3, 0.4) is 0 Å². The lowest BCUT2D eigenvalue weighted by molar-refractivity contribution is -0.113. The number of benzene rings is 1. The Balaban J connectivity index is 1.99. The highest BCUT2D eigenvalue weighted by atomic mass is 16.1. The molecule has 0 radical (unpaired) electrons. The number of fused-ring (bicyclic) bond motifs is 1. The average molecular weight is 287 g/mol. The van der Waals surface area contributed by atoms with Crippen molar-refractivity contribution in [3.63, 3.8) is 0 Å². The van der Waals surface area contributed by atoms with Crippen molar-refractivity contribution in [3.8, 4) is 17.2 Å². The number of Topliss-reactive ketones (excluding diaryl/α,β-unsaturated/α-hetero) is 1. The minimum absolute atomic E-state index is 0.157. The van der Waals surface area contributed by atoms with E-state index in [1.165, 1.54) is 6.92 Å². The Bertz CT molecular complexity index is 911. The van der Waals surface area contributed by atoms with E-state index < -0.39 is 0 Å². The van der Waals surface area contributed by atoms with Gasteiger partial charge < -0.3 is 4.98 Å². The number of pyridine rings is 1. The molecule has 4 nitrogen and oxygen atoms in total. The summed E-state index contributed by atoms with van der Waals surface area (Å²) in [6.07, 6.45) is 5.28. The standard InChI is InChI=1S/C18H13N3O/c1-12(22)15(10-19)9-13-4-6-14(7-5-13)17-11-21-18-16(17)3-2-8-20-18/h2-9,11H,1H3,(H,20,21)/b15-9+. The highest BCUT2D eigenvalue weighted by molar-refractivity contribution is 6.01. The number of hydrogen-bond acceptors (Lipinski definition) is 3. The summed E-state index contributed by atoms with van der Waals surface area (Å²) in [7, 11) is 0. The van der Waals surface area contributed by atoms with Crippen LogP contribution >= 0.6 is 0 Å². The number of ketones is 1. The molecule has 0 bridgehead atoms. The molecular weight excluding hydrogens is 274 g/mol. The van der Waals surface area contributed by atoms with Crippen LogP contribution in [0.15, 0.2) is 54.4 Å². The van der Waals surface area contributed by atoms with E-state index in [1.54, 1.807) is 12.3 Å². The molecule has 22 heavy (non-hydrogen) atoms. The summed E-state index contributed by atoms with van der Waals surface area (Å²) in [5.41, 5.74) is 3.96. The molecule has 1 N–H and O–H groups in total. The van der Waals surface area contributed by atoms with Crippen molar-refractivity contribution in [2.75, 3.05) is 0 Å². The van der Waals surface area contributed by atoms with Gasteiger partial charge in [-0.15, -0.1) is 0 Å². The molecular formula is C18H13N3O. The van der Waals surface area contributed by atoms with Crippen LogP contribution in [-0.2, 0) is 4.79 Å². The van der Waals surface area contributed by atoms with Crippen molar-refractivity contribution in [1.29, 1.82) is 5.26 Å². The molecule has 2 heterocycles. The van der Waals surface area contributed by atoms with Gasteiger partial charge in [-0.05, 0) is 36.3 Å². The summed E-state index contributed by atoms with van der Waals surface area (Å²) in [4.78, 5) is 18.7. The Hall–Kier alpha value is -3.19. The van der Waals surface area contributed by atoms with Crippen LogP contribution in [0.5, 0.6) is 0 Å². The van der Waals surface area contributed by atoms with Gasteiger partial charge in [0, 0.05) is 23.3 Å². The number of allylic oxidation sites excluding steroid dienone is 1. The first kappa shape index (κ1) is 13.8. The second-order valence-electron chi connectivity index (χ2n) is 4.95. The van der Waals surface area contributed by atoms with Crippen LogP contribution in [0.2, 0.25) is 0 Å². The van der Waals surface area contributed by atoms with Gasteiger partial charge in [0.25, 0.3) is 0 Å². The molecule has 0 aliphatic heterocycles. The second kappa shape index (κ2) is 5.66. The first-order valence-corrected chi connectivity index (χ1v) is 6.84. The zero-order valence-electron chi connectivity index (χ0n) is 12.0. The van der Waals surface area contributed by atoms with Crippen molar-refractivity contribution >= 4 is 22.9 Å². The van der Waals surface area contributed by atoms with E-state index in [0.717, 1.165) is 27.7 Å². The third-order valence-corrected chi connectivity index (χ3v) is 3.48. The molecule has 4 heteroatoms. The first-order valence-electron chi connectivity index (χ1n) is 6.84. The summed E-state index contributed by atoms with van der Waals surface area (Å²) in [5, 5.41) is 9.99. The lowest BCUT2D eigenvalue weighted by Gasteiger charge is -2.01. The minimum Gasteiger partial charge on any atom is -0.346 e. The molecule has 3 rings (SSSR count). The van der Waals surface area contributed by atoms with E-state index in [9.17, 15) is 4.79 Å². The van der Waals surface area contributed by atoms with Crippen molar-refractivity contribution in [3.05, 3.63) is 59.9 Å². The summed E-state index contributed by atoms with van der Waals surface area (Å²) < 4.78 is 0. The molecule has 0 fully saturated rings. The normalized spacial score (nSPS) is 11.4. The van der Waals surface area contributed by atoms with Gasteiger partial charge >= 0.3 is 0 Å². The summed E-state index contributed by atoms with van der Waals surface area (Å²) in [6.45, 7) is 1.39. The highest BCUT2D eigenvalue weighted by Gasteiger charge is 2.07. The Morgan fingerprint density at radius 3 is 2.73 bits per heavy atom. The van der Waals surface area contributed by atoms with Gasteiger partial charge in [-0.1, -0.05) is 24.3 Å². The van der Waals surface area contributed by atoms with Crippen LogP contribution in [0, 0.1) is 11.3 Å². The predicted octanol–water partition coefficient (Wildman–Crippen LogP) is 3.73. The zero-order chi connectivity index (χ0) is 15.5. The van der Waals surface area contributed by atoms with Gasteiger partial charge in [-0.2, -0.15) is 5.26 Å². The van der Waals surface area contributed by atoms with Crippen molar-refractivity contribution in [1.82, 2.24) is 9.97 Å². The number of rotatable bonds is 3. The first-order chi connectivity index (χ1) is 10.7. The zero-order valence-corrected chi connectivity index (χ0v) is 12.0. The summed E-state index contributed by atoms with van der Waals surface area (Å²) >= 11 is 0. The lowest BCUT2D eigenvalue weighted by Crippen LogP contribution is -1.92. The third-order valence-electron chi connectivity index (χ3n) is 3.48. The number of nitrogens with one attached hydrogen (secondary N) is 1. The number of carbonyl (C=O) groups excluding carboxylic acids is 1. The number of nitriles is 1. The van der Waals surface area contributed by atoms with Gasteiger partial charge in [0.05, 0.1) is 5.57 Å². The van der Waals surface area contributed by atoms with Crippen molar-refractivity contribution in [2.45, 2.75) is 6.92 Å². The quantitative estimate of drug-likeness (QED) is 0.589. The van der Waals surface area contributed by atoms with Gasteiger partial charge in [-0.25, -0.2) is 4.98 Å². The van der Waals surface area contributed by atoms with Crippen LogP contribution in [0.25, 0.3) is 28.2 Å². The Labute approximate surface area is 127 Å². The molecule has 0 saturated heterocycles. The summed E-state index contributed by atoms with van der Waals surface area (Å²) in [5.74, 6) is -0.228. The monoisotopic (exact) mass is 287 g/mol. The molecule has 2 aromatic heterocycles. The van der Waals surface area contributed by atoms with E-state index in [1.807, 2.05) is 48.7 Å². The topological polar surface area (TPSA) is 69.5 Å².